The average Bonchev–Trinajstić information content (AvgIpc) is 2.71. The quantitative estimate of drug-likeness (QED) is 0.875. The third-order valence-electron chi connectivity index (χ3n) is 3.18. The van der Waals surface area contributed by atoms with Gasteiger partial charge in [0.15, 0.2) is 0 Å². The molecule has 3 nitrogen and oxygen atoms in total. The number of aryl methyl sites for hydroxylation is 2. The fourth-order valence-corrected chi connectivity index (χ4v) is 3.15. The molecule has 0 spiro atoms. The summed E-state index contributed by atoms with van der Waals surface area (Å²) < 4.78 is 0. The van der Waals surface area contributed by atoms with Crippen molar-refractivity contribution in [3.8, 4) is 0 Å². The molecule has 0 aliphatic heterocycles. The third-order valence-corrected chi connectivity index (χ3v) is 4.99. The number of rotatable bonds is 3. The second-order valence-corrected chi connectivity index (χ2v) is 7.37. The van der Waals surface area contributed by atoms with E-state index in [2.05, 4.69) is 10.3 Å². The molecule has 6 heteroatoms. The number of thiazole rings is 1. The summed E-state index contributed by atoms with van der Waals surface area (Å²) in [7, 11) is 0. The predicted molar refractivity (Wildman–Crippen MR) is 88.5 cm³/mol. The molecule has 2 aromatic rings. The van der Waals surface area contributed by atoms with E-state index < -0.39 is 5.54 Å². The standard InChI is InChI=1S/C15H16Cl2N2OS/c1-8-13(21-9(2)18-8)14(20)19-15(3,4)10-5-6-11(16)12(17)7-10/h5-7H,1-4H3,(H,19,20). The van der Waals surface area contributed by atoms with E-state index in [4.69, 9.17) is 23.2 Å². The van der Waals surface area contributed by atoms with Crippen molar-refractivity contribution in [3.05, 3.63) is 49.4 Å². The van der Waals surface area contributed by atoms with Crippen LogP contribution in [0, 0.1) is 13.8 Å². The molecule has 0 saturated carbocycles. The Bertz CT molecular complexity index is 695. The zero-order valence-corrected chi connectivity index (χ0v) is 14.6. The van der Waals surface area contributed by atoms with E-state index in [1.807, 2.05) is 33.8 Å². The maximum absolute atomic E-state index is 12.4. The second kappa shape index (κ2) is 5.95. The minimum atomic E-state index is -0.560. The van der Waals surface area contributed by atoms with Gasteiger partial charge in [-0.1, -0.05) is 29.3 Å². The van der Waals surface area contributed by atoms with Crippen LogP contribution in [0.1, 0.15) is 39.8 Å². The maximum Gasteiger partial charge on any atom is 0.263 e. The van der Waals surface area contributed by atoms with Gasteiger partial charge >= 0.3 is 0 Å². The molecule has 0 unspecified atom stereocenters. The Kier molecular flexibility index (Phi) is 4.61. The summed E-state index contributed by atoms with van der Waals surface area (Å²) in [5, 5.41) is 4.87. The van der Waals surface area contributed by atoms with Crippen molar-refractivity contribution in [1.82, 2.24) is 10.3 Å². The van der Waals surface area contributed by atoms with Gasteiger partial charge in [0, 0.05) is 0 Å². The summed E-state index contributed by atoms with van der Waals surface area (Å²) in [4.78, 5) is 17.3. The molecule has 0 saturated heterocycles. The van der Waals surface area contributed by atoms with Crippen LogP contribution in [0.2, 0.25) is 10.0 Å². The van der Waals surface area contributed by atoms with Crippen LogP contribution in [0.15, 0.2) is 18.2 Å². The van der Waals surface area contributed by atoms with Gasteiger partial charge in [-0.2, -0.15) is 0 Å². The number of halogens is 2. The number of carbonyl (C=O) groups is 1. The fourth-order valence-electron chi connectivity index (χ4n) is 2.04. The highest BCUT2D eigenvalue weighted by Gasteiger charge is 2.26. The minimum absolute atomic E-state index is 0.130. The average molecular weight is 343 g/mol. The lowest BCUT2D eigenvalue weighted by atomic mass is 9.94. The highest BCUT2D eigenvalue weighted by atomic mass is 35.5. The van der Waals surface area contributed by atoms with Crippen molar-refractivity contribution in [2.45, 2.75) is 33.2 Å². The largest absolute Gasteiger partial charge is 0.342 e. The zero-order valence-electron chi connectivity index (χ0n) is 12.3. The molecule has 2 rings (SSSR count). The molecular formula is C15H16Cl2N2OS. The van der Waals surface area contributed by atoms with Crippen LogP contribution < -0.4 is 5.32 Å². The van der Waals surface area contributed by atoms with Crippen LogP contribution in [0.5, 0.6) is 0 Å². The van der Waals surface area contributed by atoms with Gasteiger partial charge in [-0.3, -0.25) is 4.79 Å². The van der Waals surface area contributed by atoms with Crippen LogP contribution in [-0.4, -0.2) is 10.9 Å². The number of nitrogens with zero attached hydrogens (tertiary/aromatic N) is 1. The molecular weight excluding hydrogens is 327 g/mol. The van der Waals surface area contributed by atoms with E-state index >= 15 is 0 Å². The molecule has 1 N–H and O–H groups in total. The summed E-state index contributed by atoms with van der Waals surface area (Å²) in [5.41, 5.74) is 1.08. The molecule has 1 heterocycles. The lowest BCUT2D eigenvalue weighted by molar-refractivity contribution is 0.0915. The highest BCUT2D eigenvalue weighted by Crippen LogP contribution is 2.29. The number of nitrogens with one attached hydrogen (secondary N) is 1. The molecule has 0 atom stereocenters. The van der Waals surface area contributed by atoms with Crippen LogP contribution in [0.25, 0.3) is 0 Å². The van der Waals surface area contributed by atoms with Gasteiger partial charge in [0.05, 0.1) is 26.3 Å². The zero-order chi connectivity index (χ0) is 15.8. The van der Waals surface area contributed by atoms with E-state index in [-0.39, 0.29) is 5.91 Å². The van der Waals surface area contributed by atoms with Crippen molar-refractivity contribution < 1.29 is 4.79 Å². The van der Waals surface area contributed by atoms with Crippen LogP contribution in [0.3, 0.4) is 0 Å². The maximum atomic E-state index is 12.4. The number of aromatic nitrogens is 1. The highest BCUT2D eigenvalue weighted by molar-refractivity contribution is 7.13. The lowest BCUT2D eigenvalue weighted by Crippen LogP contribution is -2.40. The summed E-state index contributed by atoms with van der Waals surface area (Å²) in [6, 6.07) is 5.36. The Hall–Kier alpha value is -1.10. The molecule has 1 aromatic heterocycles. The number of hydrogen-bond donors (Lipinski definition) is 1. The van der Waals surface area contributed by atoms with Gasteiger partial charge in [-0.25, -0.2) is 4.98 Å². The molecule has 0 fully saturated rings. The first-order chi connectivity index (χ1) is 9.70. The Morgan fingerprint density at radius 1 is 1.24 bits per heavy atom. The Labute approximate surface area is 138 Å². The van der Waals surface area contributed by atoms with Gasteiger partial charge in [0.25, 0.3) is 5.91 Å². The normalized spacial score (nSPS) is 11.5. The summed E-state index contributed by atoms with van der Waals surface area (Å²) in [6.07, 6.45) is 0. The smallest absolute Gasteiger partial charge is 0.263 e. The van der Waals surface area contributed by atoms with E-state index in [1.54, 1.807) is 12.1 Å². The van der Waals surface area contributed by atoms with Gasteiger partial charge in [0.1, 0.15) is 4.88 Å². The fraction of sp³-hybridized carbons (Fsp3) is 0.333. The molecule has 0 bridgehead atoms. The molecule has 0 aliphatic rings. The van der Waals surface area contributed by atoms with Crippen LogP contribution >= 0.6 is 34.5 Å². The first kappa shape index (κ1) is 16.3. The molecule has 112 valence electrons. The number of hydrogen-bond acceptors (Lipinski definition) is 3. The van der Waals surface area contributed by atoms with Gasteiger partial charge in [0.2, 0.25) is 0 Å². The van der Waals surface area contributed by atoms with Gasteiger partial charge < -0.3 is 5.32 Å². The van der Waals surface area contributed by atoms with Crippen LogP contribution in [-0.2, 0) is 5.54 Å². The summed E-state index contributed by atoms with van der Waals surface area (Å²) in [5.74, 6) is -0.130. The van der Waals surface area contributed by atoms with Crippen molar-refractivity contribution in [3.63, 3.8) is 0 Å². The van der Waals surface area contributed by atoms with E-state index in [1.165, 1.54) is 11.3 Å². The topological polar surface area (TPSA) is 42.0 Å². The van der Waals surface area contributed by atoms with E-state index in [0.717, 1.165) is 16.3 Å². The third kappa shape index (κ3) is 3.57. The number of benzene rings is 1. The Balaban J connectivity index is 2.26. The summed E-state index contributed by atoms with van der Waals surface area (Å²) >= 11 is 13.4. The SMILES string of the molecule is Cc1nc(C)c(C(=O)NC(C)(C)c2ccc(Cl)c(Cl)c2)s1. The van der Waals surface area contributed by atoms with Crippen molar-refractivity contribution in [1.29, 1.82) is 0 Å². The van der Waals surface area contributed by atoms with Gasteiger partial charge in [-0.05, 0) is 45.4 Å². The second-order valence-electron chi connectivity index (χ2n) is 5.36. The molecule has 0 aliphatic carbocycles. The monoisotopic (exact) mass is 342 g/mol. The van der Waals surface area contributed by atoms with Gasteiger partial charge in [-0.15, -0.1) is 11.3 Å². The minimum Gasteiger partial charge on any atom is -0.342 e. The molecule has 0 radical (unpaired) electrons. The Morgan fingerprint density at radius 3 is 2.43 bits per heavy atom. The molecule has 1 aromatic carbocycles. The van der Waals surface area contributed by atoms with E-state index in [9.17, 15) is 4.79 Å². The number of amides is 1. The predicted octanol–water partition coefficient (Wildman–Crippen LogP) is 4.73. The number of carbonyl (C=O) groups excluding carboxylic acids is 1. The van der Waals surface area contributed by atoms with Crippen molar-refractivity contribution in [2.24, 2.45) is 0 Å². The van der Waals surface area contributed by atoms with E-state index in [0.29, 0.717) is 14.9 Å². The first-order valence-corrected chi connectivity index (χ1v) is 8.00. The molecule has 21 heavy (non-hydrogen) atoms. The van der Waals surface area contributed by atoms with Crippen molar-refractivity contribution >= 4 is 40.4 Å². The van der Waals surface area contributed by atoms with Crippen LogP contribution in [0.4, 0.5) is 0 Å². The van der Waals surface area contributed by atoms with Crippen molar-refractivity contribution in [2.75, 3.05) is 0 Å². The summed E-state index contributed by atoms with van der Waals surface area (Å²) in [6.45, 7) is 7.57. The lowest BCUT2D eigenvalue weighted by Gasteiger charge is -2.27. The first-order valence-electron chi connectivity index (χ1n) is 6.43. The Morgan fingerprint density at radius 2 is 1.90 bits per heavy atom. The molecule has 1 amide bonds.